The molecule has 4 nitrogen and oxygen atoms in total. The number of hydrogen-bond donors (Lipinski definition) is 1. The lowest BCUT2D eigenvalue weighted by atomic mass is 10.0. The number of hydrogen-bond acceptors (Lipinski definition) is 3. The van der Waals surface area contributed by atoms with Crippen molar-refractivity contribution in [2.24, 2.45) is 7.05 Å². The fraction of sp³-hybridized carbons (Fsp3) is 0.385. The van der Waals surface area contributed by atoms with Crippen molar-refractivity contribution in [3.05, 3.63) is 46.5 Å². The van der Waals surface area contributed by atoms with Crippen LogP contribution in [-0.2, 0) is 13.5 Å². The summed E-state index contributed by atoms with van der Waals surface area (Å²) in [5, 5.41) is 7.71. The highest BCUT2D eigenvalue weighted by atomic mass is 79.9. The molecule has 18 heavy (non-hydrogen) atoms. The molecule has 0 aromatic carbocycles. The van der Waals surface area contributed by atoms with E-state index in [1.165, 1.54) is 11.1 Å². The van der Waals surface area contributed by atoms with Gasteiger partial charge in [0, 0.05) is 41.7 Å². The van der Waals surface area contributed by atoms with Crippen LogP contribution >= 0.6 is 15.9 Å². The summed E-state index contributed by atoms with van der Waals surface area (Å²) < 4.78 is 2.85. The summed E-state index contributed by atoms with van der Waals surface area (Å²) in [5.41, 5.74) is 2.42. The average molecular weight is 309 g/mol. The van der Waals surface area contributed by atoms with Crippen LogP contribution in [0.2, 0.25) is 0 Å². The normalized spacial score (nSPS) is 12.6. The Morgan fingerprint density at radius 3 is 2.83 bits per heavy atom. The van der Waals surface area contributed by atoms with E-state index in [9.17, 15) is 0 Å². The average Bonchev–Trinajstić information content (AvgIpc) is 2.75. The molecule has 2 aromatic heterocycles. The third kappa shape index (κ3) is 3.40. The smallest absolute Gasteiger partial charge is 0.0537 e. The minimum absolute atomic E-state index is 0.278. The zero-order valence-corrected chi connectivity index (χ0v) is 12.2. The third-order valence-electron chi connectivity index (χ3n) is 2.78. The van der Waals surface area contributed by atoms with Gasteiger partial charge in [-0.05, 0) is 40.5 Å². The van der Waals surface area contributed by atoms with E-state index in [4.69, 9.17) is 0 Å². The first-order valence-corrected chi connectivity index (χ1v) is 6.79. The van der Waals surface area contributed by atoms with Gasteiger partial charge in [-0.3, -0.25) is 9.67 Å². The Morgan fingerprint density at radius 2 is 2.22 bits per heavy atom. The lowest BCUT2D eigenvalue weighted by Crippen LogP contribution is -2.22. The summed E-state index contributed by atoms with van der Waals surface area (Å²) in [7, 11) is 1.94. The highest BCUT2D eigenvalue weighted by Gasteiger charge is 2.13. The summed E-state index contributed by atoms with van der Waals surface area (Å²) in [6, 6.07) is 2.38. The van der Waals surface area contributed by atoms with E-state index >= 15 is 0 Å². The molecule has 0 saturated carbocycles. The van der Waals surface area contributed by atoms with Crippen LogP contribution in [0.3, 0.4) is 0 Å². The van der Waals surface area contributed by atoms with Gasteiger partial charge in [0.1, 0.15) is 0 Å². The Bertz CT molecular complexity index is 509. The first kappa shape index (κ1) is 13.2. The van der Waals surface area contributed by atoms with Crippen LogP contribution in [0, 0.1) is 0 Å². The van der Waals surface area contributed by atoms with Gasteiger partial charge in [0.05, 0.1) is 6.20 Å². The second kappa shape index (κ2) is 6.11. The zero-order valence-electron chi connectivity index (χ0n) is 10.6. The Morgan fingerprint density at radius 1 is 1.39 bits per heavy atom. The van der Waals surface area contributed by atoms with Gasteiger partial charge in [-0.1, -0.05) is 6.92 Å². The number of rotatable bonds is 5. The molecule has 0 radical (unpaired) electrons. The van der Waals surface area contributed by atoms with Crippen molar-refractivity contribution in [1.82, 2.24) is 20.1 Å². The van der Waals surface area contributed by atoms with Crippen molar-refractivity contribution in [3.8, 4) is 0 Å². The molecule has 0 aliphatic heterocycles. The van der Waals surface area contributed by atoms with Crippen LogP contribution in [0.25, 0.3) is 0 Å². The quantitative estimate of drug-likeness (QED) is 0.922. The number of likely N-dealkylation sites (N-methyl/N-ethyl adjacent to an activating group) is 1. The number of aryl methyl sites for hydroxylation is 1. The molecule has 0 aliphatic carbocycles. The lowest BCUT2D eigenvalue weighted by molar-refractivity contribution is 0.548. The molecule has 2 rings (SSSR count). The van der Waals surface area contributed by atoms with Crippen LogP contribution in [0.4, 0.5) is 0 Å². The molecule has 1 atom stereocenters. The third-order valence-corrected chi connectivity index (χ3v) is 3.21. The van der Waals surface area contributed by atoms with E-state index in [0.29, 0.717) is 0 Å². The SMILES string of the molecule is CCNC(Cc1cncc(Br)c1)c1cnn(C)c1. The second-order valence-corrected chi connectivity index (χ2v) is 5.19. The molecule has 0 aliphatic rings. The highest BCUT2D eigenvalue weighted by Crippen LogP contribution is 2.19. The summed E-state index contributed by atoms with van der Waals surface area (Å²) >= 11 is 3.45. The van der Waals surface area contributed by atoms with Gasteiger partial charge in [0.25, 0.3) is 0 Å². The Kier molecular flexibility index (Phi) is 4.49. The molecule has 1 unspecified atom stereocenters. The van der Waals surface area contributed by atoms with E-state index < -0.39 is 0 Å². The molecule has 2 heterocycles. The molecule has 96 valence electrons. The summed E-state index contributed by atoms with van der Waals surface area (Å²) in [4.78, 5) is 4.20. The maximum atomic E-state index is 4.23. The Labute approximate surface area is 116 Å². The van der Waals surface area contributed by atoms with Crippen molar-refractivity contribution in [2.75, 3.05) is 6.54 Å². The molecular weight excluding hydrogens is 292 g/mol. The van der Waals surface area contributed by atoms with Gasteiger partial charge in [0.2, 0.25) is 0 Å². The van der Waals surface area contributed by atoms with E-state index in [0.717, 1.165) is 17.4 Å². The largest absolute Gasteiger partial charge is 0.310 e. The number of pyridine rings is 1. The van der Waals surface area contributed by atoms with Crippen LogP contribution in [0.1, 0.15) is 24.1 Å². The van der Waals surface area contributed by atoms with Crippen molar-refractivity contribution in [2.45, 2.75) is 19.4 Å². The molecule has 1 N–H and O–H groups in total. The van der Waals surface area contributed by atoms with E-state index in [2.05, 4.69) is 50.5 Å². The number of aromatic nitrogens is 3. The maximum Gasteiger partial charge on any atom is 0.0537 e. The van der Waals surface area contributed by atoms with Crippen molar-refractivity contribution >= 4 is 15.9 Å². The fourth-order valence-electron chi connectivity index (χ4n) is 1.98. The maximum absolute atomic E-state index is 4.23. The van der Waals surface area contributed by atoms with Crippen LogP contribution < -0.4 is 5.32 Å². The second-order valence-electron chi connectivity index (χ2n) is 4.27. The molecule has 2 aromatic rings. The van der Waals surface area contributed by atoms with Crippen LogP contribution in [0.15, 0.2) is 35.3 Å². The monoisotopic (exact) mass is 308 g/mol. The minimum Gasteiger partial charge on any atom is -0.310 e. The van der Waals surface area contributed by atoms with E-state index in [1.54, 1.807) is 6.20 Å². The molecule has 0 bridgehead atoms. The van der Waals surface area contributed by atoms with Gasteiger partial charge in [-0.25, -0.2) is 0 Å². The molecule has 0 saturated heterocycles. The number of nitrogens with one attached hydrogen (secondary N) is 1. The van der Waals surface area contributed by atoms with Gasteiger partial charge in [-0.15, -0.1) is 0 Å². The van der Waals surface area contributed by atoms with E-state index in [-0.39, 0.29) is 6.04 Å². The molecule has 0 amide bonds. The van der Waals surface area contributed by atoms with Crippen molar-refractivity contribution < 1.29 is 0 Å². The van der Waals surface area contributed by atoms with Gasteiger partial charge in [0.15, 0.2) is 0 Å². The Balaban J connectivity index is 2.16. The first-order valence-electron chi connectivity index (χ1n) is 6.00. The fourth-order valence-corrected chi connectivity index (χ4v) is 2.39. The van der Waals surface area contributed by atoms with Gasteiger partial charge >= 0.3 is 0 Å². The molecule has 0 spiro atoms. The Hall–Kier alpha value is -1.20. The van der Waals surface area contributed by atoms with Gasteiger partial charge in [-0.2, -0.15) is 5.10 Å². The molecule has 5 heteroatoms. The van der Waals surface area contributed by atoms with E-state index in [1.807, 2.05) is 24.1 Å². The predicted octanol–water partition coefficient (Wildman–Crippen LogP) is 2.47. The zero-order chi connectivity index (χ0) is 13.0. The first-order chi connectivity index (χ1) is 8.69. The van der Waals surface area contributed by atoms with Crippen molar-refractivity contribution in [1.29, 1.82) is 0 Å². The van der Waals surface area contributed by atoms with Crippen molar-refractivity contribution in [3.63, 3.8) is 0 Å². The summed E-state index contributed by atoms with van der Waals surface area (Å²) in [5.74, 6) is 0. The minimum atomic E-state index is 0.278. The van der Waals surface area contributed by atoms with Crippen LogP contribution in [0.5, 0.6) is 0 Å². The predicted molar refractivity (Wildman–Crippen MR) is 75.3 cm³/mol. The topological polar surface area (TPSA) is 42.7 Å². The molecule has 0 fully saturated rings. The van der Waals surface area contributed by atoms with Crippen LogP contribution in [-0.4, -0.2) is 21.3 Å². The number of nitrogens with zero attached hydrogens (tertiary/aromatic N) is 3. The highest BCUT2D eigenvalue weighted by molar-refractivity contribution is 9.10. The lowest BCUT2D eigenvalue weighted by Gasteiger charge is -2.16. The summed E-state index contributed by atoms with van der Waals surface area (Å²) in [6.07, 6.45) is 8.59. The molecular formula is C13H17BrN4. The number of halogens is 1. The standard InChI is InChI=1S/C13H17BrN4/c1-3-16-13(11-7-17-18(2)9-11)5-10-4-12(14)8-15-6-10/h4,6-9,13,16H,3,5H2,1-2H3. The van der Waals surface area contributed by atoms with Gasteiger partial charge < -0.3 is 5.32 Å². The summed E-state index contributed by atoms with van der Waals surface area (Å²) in [6.45, 7) is 3.05.